The average molecular weight is 209 g/mol. The van der Waals surface area contributed by atoms with Gasteiger partial charge in [0.25, 0.3) is 0 Å². The highest BCUT2D eigenvalue weighted by atomic mass is 32.1. The van der Waals surface area contributed by atoms with Gasteiger partial charge in [0.15, 0.2) is 0 Å². The lowest BCUT2D eigenvalue weighted by molar-refractivity contribution is 0.348. The summed E-state index contributed by atoms with van der Waals surface area (Å²) in [7, 11) is 0. The van der Waals surface area contributed by atoms with Gasteiger partial charge in [-0.15, -0.1) is 11.3 Å². The molecule has 1 N–H and O–H groups in total. The minimum atomic E-state index is 0.540. The average Bonchev–Trinajstić information content (AvgIpc) is 2.72. The summed E-state index contributed by atoms with van der Waals surface area (Å²) in [5, 5.41) is 5.89. The summed E-state index contributed by atoms with van der Waals surface area (Å²) in [5.74, 6) is 0. The lowest BCUT2D eigenvalue weighted by Gasteiger charge is -2.26. The number of rotatable bonds is 3. The van der Waals surface area contributed by atoms with E-state index in [1.807, 2.05) is 11.3 Å². The van der Waals surface area contributed by atoms with Crippen LogP contribution in [0.25, 0.3) is 0 Å². The molecule has 0 amide bonds. The van der Waals surface area contributed by atoms with Crippen LogP contribution in [0.1, 0.15) is 49.9 Å². The molecule has 1 fully saturated rings. The van der Waals surface area contributed by atoms with Crippen molar-refractivity contribution < 1.29 is 0 Å². The van der Waals surface area contributed by atoms with Gasteiger partial charge < -0.3 is 5.32 Å². The highest BCUT2D eigenvalue weighted by Crippen LogP contribution is 2.23. The maximum atomic E-state index is 3.73. The van der Waals surface area contributed by atoms with E-state index in [4.69, 9.17) is 0 Å². The first-order chi connectivity index (χ1) is 6.86. The van der Waals surface area contributed by atoms with Crippen molar-refractivity contribution in [1.82, 2.24) is 5.32 Å². The van der Waals surface area contributed by atoms with Crippen LogP contribution in [-0.2, 0) is 0 Å². The zero-order chi connectivity index (χ0) is 9.80. The molecular formula is C12H19NS. The van der Waals surface area contributed by atoms with E-state index in [0.717, 1.165) is 6.04 Å². The monoisotopic (exact) mass is 209 g/mol. The second-order valence-corrected chi connectivity index (χ2v) is 5.22. The highest BCUT2D eigenvalue weighted by molar-refractivity contribution is 7.10. The molecule has 0 bridgehead atoms. The van der Waals surface area contributed by atoms with Crippen LogP contribution in [0.5, 0.6) is 0 Å². The van der Waals surface area contributed by atoms with Crippen LogP contribution in [0.3, 0.4) is 0 Å². The van der Waals surface area contributed by atoms with Gasteiger partial charge in [0.2, 0.25) is 0 Å². The van der Waals surface area contributed by atoms with E-state index in [9.17, 15) is 0 Å². The summed E-state index contributed by atoms with van der Waals surface area (Å²) in [6, 6.07) is 5.67. The normalized spacial score (nSPS) is 20.9. The molecule has 1 aliphatic rings. The molecule has 1 saturated carbocycles. The first kappa shape index (κ1) is 10.2. The van der Waals surface area contributed by atoms with Crippen molar-refractivity contribution in [2.24, 2.45) is 0 Å². The number of thiophene rings is 1. The Morgan fingerprint density at radius 3 is 2.79 bits per heavy atom. The number of nitrogens with one attached hydrogen (secondary N) is 1. The Balaban J connectivity index is 1.84. The Morgan fingerprint density at radius 1 is 1.36 bits per heavy atom. The molecule has 0 unspecified atom stereocenters. The first-order valence-electron chi connectivity index (χ1n) is 5.66. The zero-order valence-corrected chi connectivity index (χ0v) is 9.65. The summed E-state index contributed by atoms with van der Waals surface area (Å²) in [5.41, 5.74) is 0. The van der Waals surface area contributed by atoms with Gasteiger partial charge in [-0.05, 0) is 31.2 Å². The summed E-state index contributed by atoms with van der Waals surface area (Å²) in [6.45, 7) is 2.28. The highest BCUT2D eigenvalue weighted by Gasteiger charge is 2.16. The molecule has 0 spiro atoms. The van der Waals surface area contributed by atoms with Gasteiger partial charge >= 0.3 is 0 Å². The zero-order valence-electron chi connectivity index (χ0n) is 8.83. The first-order valence-corrected chi connectivity index (χ1v) is 6.53. The van der Waals surface area contributed by atoms with Crippen LogP contribution < -0.4 is 5.32 Å². The van der Waals surface area contributed by atoms with Crippen LogP contribution in [0, 0.1) is 0 Å². The summed E-state index contributed by atoms with van der Waals surface area (Å²) in [4.78, 5) is 1.47. The predicted molar refractivity (Wildman–Crippen MR) is 62.7 cm³/mol. The number of hydrogen-bond acceptors (Lipinski definition) is 2. The molecule has 1 aliphatic carbocycles. The molecule has 2 heteroatoms. The summed E-state index contributed by atoms with van der Waals surface area (Å²) in [6.07, 6.45) is 7.00. The van der Waals surface area contributed by atoms with Crippen molar-refractivity contribution in [2.75, 3.05) is 0 Å². The molecule has 1 nitrogen and oxygen atoms in total. The Bertz CT molecular complexity index is 249. The fraction of sp³-hybridized carbons (Fsp3) is 0.667. The SMILES string of the molecule is C[C@@H](NC1CCCCC1)c1cccs1. The van der Waals surface area contributed by atoms with Crippen molar-refractivity contribution >= 4 is 11.3 Å². The van der Waals surface area contributed by atoms with Crippen LogP contribution in [0.4, 0.5) is 0 Å². The Morgan fingerprint density at radius 2 is 2.14 bits per heavy atom. The standard InChI is InChI=1S/C12H19NS/c1-10(12-8-5-9-14-12)13-11-6-3-2-4-7-11/h5,8-11,13H,2-4,6-7H2,1H3/t10-/m1/s1. The molecule has 1 atom stereocenters. The van der Waals surface area contributed by atoms with Crippen molar-refractivity contribution in [3.8, 4) is 0 Å². The van der Waals surface area contributed by atoms with E-state index in [1.165, 1.54) is 37.0 Å². The van der Waals surface area contributed by atoms with Crippen LogP contribution in [0.15, 0.2) is 17.5 Å². The van der Waals surface area contributed by atoms with Crippen LogP contribution in [-0.4, -0.2) is 6.04 Å². The molecule has 1 aromatic rings. The third kappa shape index (κ3) is 2.58. The summed E-state index contributed by atoms with van der Waals surface area (Å²) >= 11 is 1.86. The maximum Gasteiger partial charge on any atom is 0.0388 e. The van der Waals surface area contributed by atoms with E-state index in [2.05, 4.69) is 29.8 Å². The molecule has 78 valence electrons. The van der Waals surface area contributed by atoms with E-state index in [0.29, 0.717) is 6.04 Å². The van der Waals surface area contributed by atoms with E-state index in [-0.39, 0.29) is 0 Å². The molecule has 1 aromatic heterocycles. The van der Waals surface area contributed by atoms with Gasteiger partial charge in [-0.2, -0.15) is 0 Å². The quantitative estimate of drug-likeness (QED) is 0.800. The molecule has 2 rings (SSSR count). The minimum absolute atomic E-state index is 0.540. The largest absolute Gasteiger partial charge is 0.307 e. The molecule has 1 heterocycles. The van der Waals surface area contributed by atoms with Crippen molar-refractivity contribution in [3.63, 3.8) is 0 Å². The molecule has 0 saturated heterocycles. The number of hydrogen-bond donors (Lipinski definition) is 1. The van der Waals surface area contributed by atoms with Gasteiger partial charge in [-0.1, -0.05) is 25.3 Å². The van der Waals surface area contributed by atoms with E-state index < -0.39 is 0 Å². The van der Waals surface area contributed by atoms with E-state index in [1.54, 1.807) is 0 Å². The Hall–Kier alpha value is -0.340. The smallest absolute Gasteiger partial charge is 0.0388 e. The fourth-order valence-corrected chi connectivity index (χ4v) is 2.99. The third-order valence-corrected chi connectivity index (χ3v) is 4.12. The topological polar surface area (TPSA) is 12.0 Å². The van der Waals surface area contributed by atoms with Crippen molar-refractivity contribution in [1.29, 1.82) is 0 Å². The Kier molecular flexibility index (Phi) is 3.60. The predicted octanol–water partition coefficient (Wildman–Crippen LogP) is 3.73. The van der Waals surface area contributed by atoms with Gasteiger partial charge in [0.05, 0.1) is 0 Å². The Labute approximate surface area is 90.5 Å². The summed E-state index contributed by atoms with van der Waals surface area (Å²) < 4.78 is 0. The molecular weight excluding hydrogens is 190 g/mol. The second-order valence-electron chi connectivity index (χ2n) is 4.24. The van der Waals surface area contributed by atoms with Crippen LogP contribution >= 0.6 is 11.3 Å². The van der Waals surface area contributed by atoms with Crippen LogP contribution in [0.2, 0.25) is 0 Å². The second kappa shape index (κ2) is 4.94. The van der Waals surface area contributed by atoms with Gasteiger partial charge in [-0.25, -0.2) is 0 Å². The maximum absolute atomic E-state index is 3.73. The van der Waals surface area contributed by atoms with Gasteiger partial charge in [0.1, 0.15) is 0 Å². The lowest BCUT2D eigenvalue weighted by atomic mass is 9.95. The lowest BCUT2D eigenvalue weighted by Crippen LogP contribution is -2.32. The fourth-order valence-electron chi connectivity index (χ4n) is 2.24. The molecule has 14 heavy (non-hydrogen) atoms. The molecule has 0 radical (unpaired) electrons. The van der Waals surface area contributed by atoms with Gasteiger partial charge in [0, 0.05) is 17.0 Å². The van der Waals surface area contributed by atoms with Crippen molar-refractivity contribution in [2.45, 2.75) is 51.1 Å². The minimum Gasteiger partial charge on any atom is -0.307 e. The van der Waals surface area contributed by atoms with Crippen molar-refractivity contribution in [3.05, 3.63) is 22.4 Å². The van der Waals surface area contributed by atoms with E-state index >= 15 is 0 Å². The molecule has 0 aromatic carbocycles. The molecule has 0 aliphatic heterocycles. The third-order valence-electron chi connectivity index (χ3n) is 3.06. The van der Waals surface area contributed by atoms with Gasteiger partial charge in [-0.3, -0.25) is 0 Å².